The van der Waals surface area contributed by atoms with Crippen LogP contribution in [0.2, 0.25) is 0 Å². The van der Waals surface area contributed by atoms with Crippen molar-refractivity contribution in [2.45, 2.75) is 18.9 Å². The number of rotatable bonds is 3. The Kier molecular flexibility index (Phi) is 4.46. The lowest BCUT2D eigenvalue weighted by molar-refractivity contribution is 0.0697. The molecule has 0 saturated carbocycles. The highest BCUT2D eigenvalue weighted by molar-refractivity contribution is 7.91. The number of amides is 2. The number of hydrogen-bond acceptors (Lipinski definition) is 4. The van der Waals surface area contributed by atoms with Gasteiger partial charge in [0.2, 0.25) is 0 Å². The Morgan fingerprint density at radius 2 is 1.67 bits per heavy atom. The van der Waals surface area contributed by atoms with Gasteiger partial charge in [0.05, 0.1) is 17.1 Å². The fourth-order valence-corrected chi connectivity index (χ4v) is 3.57. The monoisotopic (exact) mass is 312 g/mol. The lowest BCUT2D eigenvalue weighted by Crippen LogP contribution is -2.42. The Labute approximate surface area is 122 Å². The molecule has 7 nitrogen and oxygen atoms in total. The first-order chi connectivity index (χ1) is 9.85. The number of benzene rings is 1. The van der Waals surface area contributed by atoms with E-state index in [2.05, 4.69) is 10.6 Å². The molecule has 1 aromatic rings. The second-order valence-corrected chi connectivity index (χ2v) is 7.21. The first kappa shape index (κ1) is 15.3. The zero-order valence-corrected chi connectivity index (χ0v) is 12.0. The Morgan fingerprint density at radius 1 is 1.10 bits per heavy atom. The number of sulfone groups is 1. The molecule has 1 saturated heterocycles. The maximum atomic E-state index is 11.8. The van der Waals surface area contributed by atoms with Gasteiger partial charge in [-0.25, -0.2) is 18.0 Å². The number of carbonyl (C=O) groups is 2. The molecular weight excluding hydrogens is 296 g/mol. The number of carboxylic acids is 1. The van der Waals surface area contributed by atoms with Gasteiger partial charge in [-0.1, -0.05) is 0 Å². The van der Waals surface area contributed by atoms with Crippen LogP contribution in [-0.4, -0.2) is 43.1 Å². The van der Waals surface area contributed by atoms with Gasteiger partial charge in [-0.15, -0.1) is 0 Å². The van der Waals surface area contributed by atoms with Crippen molar-refractivity contribution in [3.63, 3.8) is 0 Å². The van der Waals surface area contributed by atoms with E-state index < -0.39 is 21.8 Å². The second kappa shape index (κ2) is 6.13. The van der Waals surface area contributed by atoms with Gasteiger partial charge >= 0.3 is 12.0 Å². The number of carboxylic acid groups (broad SMARTS) is 1. The highest BCUT2D eigenvalue weighted by atomic mass is 32.2. The molecule has 0 unspecified atom stereocenters. The van der Waals surface area contributed by atoms with E-state index in [1.165, 1.54) is 24.3 Å². The average Bonchev–Trinajstić information content (AvgIpc) is 2.42. The third-order valence-corrected chi connectivity index (χ3v) is 4.99. The first-order valence-electron chi connectivity index (χ1n) is 6.47. The van der Waals surface area contributed by atoms with Crippen LogP contribution < -0.4 is 10.6 Å². The van der Waals surface area contributed by atoms with Crippen LogP contribution in [0, 0.1) is 0 Å². The van der Waals surface area contributed by atoms with Crippen LogP contribution in [0.25, 0.3) is 0 Å². The average molecular weight is 312 g/mol. The minimum atomic E-state index is -2.95. The lowest BCUT2D eigenvalue weighted by atomic mass is 10.1. The van der Waals surface area contributed by atoms with Crippen molar-refractivity contribution in [1.82, 2.24) is 5.32 Å². The van der Waals surface area contributed by atoms with Gasteiger partial charge in [0.1, 0.15) is 9.84 Å². The van der Waals surface area contributed by atoms with Crippen molar-refractivity contribution in [2.24, 2.45) is 0 Å². The van der Waals surface area contributed by atoms with Gasteiger partial charge in [0, 0.05) is 11.7 Å². The van der Waals surface area contributed by atoms with Gasteiger partial charge in [0.15, 0.2) is 0 Å². The molecule has 0 radical (unpaired) electrons. The quantitative estimate of drug-likeness (QED) is 0.773. The molecular formula is C13H16N2O5S. The predicted octanol–water partition coefficient (Wildman–Crippen LogP) is 1.08. The summed E-state index contributed by atoms with van der Waals surface area (Å²) >= 11 is 0. The first-order valence-corrected chi connectivity index (χ1v) is 8.29. The van der Waals surface area contributed by atoms with Crippen LogP contribution in [0.4, 0.5) is 10.5 Å². The van der Waals surface area contributed by atoms with Crippen LogP contribution in [0.1, 0.15) is 23.2 Å². The van der Waals surface area contributed by atoms with Crippen molar-refractivity contribution >= 4 is 27.5 Å². The van der Waals surface area contributed by atoms with Crippen molar-refractivity contribution in [3.05, 3.63) is 29.8 Å². The summed E-state index contributed by atoms with van der Waals surface area (Å²) in [5.74, 6) is -0.856. The molecule has 1 aromatic carbocycles. The van der Waals surface area contributed by atoms with Gasteiger partial charge in [-0.05, 0) is 37.1 Å². The van der Waals surface area contributed by atoms with Gasteiger partial charge < -0.3 is 15.7 Å². The van der Waals surface area contributed by atoms with Crippen LogP contribution in [0.3, 0.4) is 0 Å². The number of nitrogens with one attached hydrogen (secondary N) is 2. The molecule has 0 aromatic heterocycles. The number of urea groups is 1. The van der Waals surface area contributed by atoms with E-state index >= 15 is 0 Å². The summed E-state index contributed by atoms with van der Waals surface area (Å²) < 4.78 is 22.6. The molecule has 2 amide bonds. The fraction of sp³-hybridized carbons (Fsp3) is 0.385. The van der Waals surface area contributed by atoms with Gasteiger partial charge in [-0.2, -0.15) is 0 Å². The summed E-state index contributed by atoms with van der Waals surface area (Å²) in [6, 6.07) is 5.19. The fourth-order valence-electron chi connectivity index (χ4n) is 2.08. The molecule has 0 bridgehead atoms. The molecule has 0 atom stereocenters. The minimum absolute atomic E-state index is 0.0885. The molecule has 2 rings (SSSR count). The summed E-state index contributed by atoms with van der Waals surface area (Å²) in [6.45, 7) is 0. The number of anilines is 1. The highest BCUT2D eigenvalue weighted by Gasteiger charge is 2.24. The van der Waals surface area contributed by atoms with E-state index in [0.29, 0.717) is 18.5 Å². The number of carbonyl (C=O) groups excluding carboxylic acids is 1. The smallest absolute Gasteiger partial charge is 0.335 e. The van der Waals surface area contributed by atoms with E-state index in [4.69, 9.17) is 5.11 Å². The topological polar surface area (TPSA) is 113 Å². The van der Waals surface area contributed by atoms with Crippen molar-refractivity contribution < 1.29 is 23.1 Å². The molecule has 1 heterocycles. The van der Waals surface area contributed by atoms with Crippen LogP contribution in [-0.2, 0) is 9.84 Å². The van der Waals surface area contributed by atoms with Crippen LogP contribution >= 0.6 is 0 Å². The Balaban J connectivity index is 1.86. The third-order valence-electron chi connectivity index (χ3n) is 3.28. The van der Waals surface area contributed by atoms with Crippen molar-refractivity contribution in [3.8, 4) is 0 Å². The molecule has 8 heteroatoms. The SMILES string of the molecule is O=C(Nc1ccc(C(=O)O)cc1)NC1CCS(=O)(=O)CC1. The Morgan fingerprint density at radius 3 is 2.19 bits per heavy atom. The summed E-state index contributed by atoms with van der Waals surface area (Å²) in [6.07, 6.45) is 0.821. The lowest BCUT2D eigenvalue weighted by Gasteiger charge is -2.23. The molecule has 114 valence electrons. The standard InChI is InChI=1S/C13H16N2O5S/c16-12(17)9-1-3-10(4-2-9)14-13(18)15-11-5-7-21(19,20)8-6-11/h1-4,11H,5-8H2,(H,16,17)(H2,14,15,18). The highest BCUT2D eigenvalue weighted by Crippen LogP contribution is 2.13. The summed E-state index contributed by atoms with van der Waals surface area (Å²) in [7, 11) is -2.95. The van der Waals surface area contributed by atoms with E-state index in [0.717, 1.165) is 0 Å². The van der Waals surface area contributed by atoms with Gasteiger partial charge in [0.25, 0.3) is 0 Å². The van der Waals surface area contributed by atoms with Crippen molar-refractivity contribution in [1.29, 1.82) is 0 Å². The zero-order valence-electron chi connectivity index (χ0n) is 11.2. The molecule has 1 aliphatic heterocycles. The minimum Gasteiger partial charge on any atom is -0.478 e. The van der Waals surface area contributed by atoms with Crippen LogP contribution in [0.15, 0.2) is 24.3 Å². The van der Waals surface area contributed by atoms with E-state index in [9.17, 15) is 18.0 Å². The molecule has 1 fully saturated rings. The van der Waals surface area contributed by atoms with Crippen molar-refractivity contribution in [2.75, 3.05) is 16.8 Å². The Hall–Kier alpha value is -2.09. The number of aromatic carboxylic acids is 1. The maximum absolute atomic E-state index is 11.8. The molecule has 1 aliphatic rings. The molecule has 0 spiro atoms. The molecule has 21 heavy (non-hydrogen) atoms. The maximum Gasteiger partial charge on any atom is 0.335 e. The van der Waals surface area contributed by atoms with Gasteiger partial charge in [-0.3, -0.25) is 0 Å². The zero-order chi connectivity index (χ0) is 15.5. The second-order valence-electron chi connectivity index (χ2n) is 4.91. The summed E-state index contributed by atoms with van der Waals surface area (Å²) in [4.78, 5) is 22.5. The number of hydrogen-bond donors (Lipinski definition) is 3. The summed E-state index contributed by atoms with van der Waals surface area (Å²) in [5.41, 5.74) is 0.611. The summed E-state index contributed by atoms with van der Waals surface area (Å²) in [5, 5.41) is 14.1. The largest absolute Gasteiger partial charge is 0.478 e. The Bertz CT molecular complexity index is 625. The third kappa shape index (κ3) is 4.45. The predicted molar refractivity (Wildman–Crippen MR) is 77.2 cm³/mol. The molecule has 3 N–H and O–H groups in total. The molecule has 0 aliphatic carbocycles. The van der Waals surface area contributed by atoms with Crippen LogP contribution in [0.5, 0.6) is 0 Å². The normalized spacial score (nSPS) is 17.9. The van der Waals surface area contributed by atoms with E-state index in [1.54, 1.807) is 0 Å². The van der Waals surface area contributed by atoms with E-state index in [1.807, 2.05) is 0 Å². The van der Waals surface area contributed by atoms with E-state index in [-0.39, 0.29) is 23.1 Å².